The van der Waals surface area contributed by atoms with Gasteiger partial charge in [-0.1, -0.05) is 72.8 Å². The van der Waals surface area contributed by atoms with Crippen molar-refractivity contribution in [2.75, 3.05) is 24.5 Å². The minimum absolute atomic E-state index is 0.173. The lowest BCUT2D eigenvalue weighted by Gasteiger charge is -2.46. The van der Waals surface area contributed by atoms with E-state index in [-0.39, 0.29) is 18.2 Å². The molecule has 3 aliphatic rings. The molecule has 0 radical (unpaired) electrons. The first kappa shape index (κ1) is 24.4. The first-order valence-corrected chi connectivity index (χ1v) is 13.3. The number of carbonyl (C=O) groups excluding carboxylic acids is 3. The van der Waals surface area contributed by atoms with Crippen LogP contribution in [0.5, 0.6) is 0 Å². The minimum Gasteiger partial charge on any atom is -0.394 e. The lowest BCUT2D eigenvalue weighted by Crippen LogP contribution is -2.63. The number of nitrogens with zero attached hydrogens (tertiary/aromatic N) is 2. The number of amides is 1. The first-order chi connectivity index (χ1) is 18.5. The van der Waals surface area contributed by atoms with Crippen molar-refractivity contribution < 1.29 is 23.9 Å². The van der Waals surface area contributed by atoms with Gasteiger partial charge < -0.3 is 14.4 Å². The van der Waals surface area contributed by atoms with Crippen LogP contribution in [0.15, 0.2) is 78.9 Å². The second kappa shape index (κ2) is 10.1. The smallest absolute Gasteiger partial charge is 0.394 e. The van der Waals surface area contributed by atoms with Crippen LogP contribution < -0.4 is 4.90 Å². The van der Waals surface area contributed by atoms with Crippen LogP contribution in [0.25, 0.3) is 11.1 Å². The molecule has 194 valence electrons. The summed E-state index contributed by atoms with van der Waals surface area (Å²) in [7, 11) is 0. The number of fused-ring (bicyclic) bond motifs is 1. The van der Waals surface area contributed by atoms with Crippen LogP contribution in [-0.2, 0) is 36.7 Å². The van der Waals surface area contributed by atoms with Crippen molar-refractivity contribution in [3.8, 4) is 11.1 Å². The Labute approximate surface area is 222 Å². The van der Waals surface area contributed by atoms with Crippen molar-refractivity contribution in [3.63, 3.8) is 0 Å². The average Bonchev–Trinajstić information content (AvgIpc) is 3.56. The quantitative estimate of drug-likeness (QED) is 0.363. The van der Waals surface area contributed by atoms with Crippen molar-refractivity contribution in [3.05, 3.63) is 90.0 Å². The number of likely N-dealkylation sites (tertiary alicyclic amines) is 1. The highest BCUT2D eigenvalue weighted by molar-refractivity contribution is 6.31. The fourth-order valence-electron chi connectivity index (χ4n) is 5.90. The van der Waals surface area contributed by atoms with E-state index in [2.05, 4.69) is 29.2 Å². The summed E-state index contributed by atoms with van der Waals surface area (Å²) < 4.78 is 11.4. The van der Waals surface area contributed by atoms with Crippen LogP contribution in [0.4, 0.5) is 5.69 Å². The van der Waals surface area contributed by atoms with Gasteiger partial charge in [0.15, 0.2) is 0 Å². The highest BCUT2D eigenvalue weighted by Gasteiger charge is 2.62. The largest absolute Gasteiger partial charge is 0.422 e. The molecule has 0 aliphatic carbocycles. The monoisotopic (exact) mass is 510 g/mol. The molecule has 1 spiro atoms. The number of ether oxygens (including phenoxy) is 2. The van der Waals surface area contributed by atoms with Gasteiger partial charge in [0.2, 0.25) is 5.91 Å². The number of esters is 2. The van der Waals surface area contributed by atoms with E-state index in [0.717, 1.165) is 48.2 Å². The van der Waals surface area contributed by atoms with Gasteiger partial charge in [0.25, 0.3) is 0 Å². The standard InChI is InChI=1S/C31H30N2O5/c34-28(17-14-22-12-15-24(16-13-22)23-8-2-1-3-9-23)33-27-11-5-4-10-25(27)20-26(21-32-18-6-7-19-32)31(33)37-29(35)30(36)38-31/h1-5,8-13,15-16,26H,6-7,14,17-21H2. The summed E-state index contributed by atoms with van der Waals surface area (Å²) in [4.78, 5) is 42.4. The van der Waals surface area contributed by atoms with Crippen LogP contribution >= 0.6 is 0 Å². The minimum atomic E-state index is -1.76. The molecule has 0 aromatic heterocycles. The predicted molar refractivity (Wildman–Crippen MR) is 142 cm³/mol. The summed E-state index contributed by atoms with van der Waals surface area (Å²) in [6.45, 7) is 2.44. The summed E-state index contributed by atoms with van der Waals surface area (Å²) in [5, 5.41) is 0. The van der Waals surface area contributed by atoms with Crippen LogP contribution in [0.2, 0.25) is 0 Å². The number of anilines is 1. The Morgan fingerprint density at radius 1 is 0.816 bits per heavy atom. The lowest BCUT2D eigenvalue weighted by molar-refractivity contribution is -0.207. The molecule has 1 atom stereocenters. The summed E-state index contributed by atoms with van der Waals surface area (Å²) in [6, 6.07) is 25.9. The van der Waals surface area contributed by atoms with Crippen LogP contribution in [0.1, 0.15) is 30.4 Å². The highest BCUT2D eigenvalue weighted by Crippen LogP contribution is 2.45. The zero-order valence-corrected chi connectivity index (χ0v) is 21.2. The number of aryl methyl sites for hydroxylation is 1. The molecule has 7 nitrogen and oxygen atoms in total. The Morgan fingerprint density at radius 3 is 2.16 bits per heavy atom. The Kier molecular flexibility index (Phi) is 6.45. The Balaban J connectivity index is 1.28. The second-order valence-corrected chi connectivity index (χ2v) is 10.2. The molecule has 6 rings (SSSR count). The van der Waals surface area contributed by atoms with E-state index in [1.807, 2.05) is 54.6 Å². The van der Waals surface area contributed by atoms with Gasteiger partial charge in [0.05, 0.1) is 11.6 Å². The maximum atomic E-state index is 13.9. The van der Waals surface area contributed by atoms with Gasteiger partial charge in [-0.25, -0.2) is 14.5 Å². The van der Waals surface area contributed by atoms with E-state index in [1.54, 1.807) is 0 Å². The van der Waals surface area contributed by atoms with Crippen molar-refractivity contribution in [1.29, 1.82) is 0 Å². The van der Waals surface area contributed by atoms with Gasteiger partial charge in [0.1, 0.15) is 0 Å². The maximum Gasteiger partial charge on any atom is 0.422 e. The van der Waals surface area contributed by atoms with E-state index in [9.17, 15) is 14.4 Å². The van der Waals surface area contributed by atoms with Gasteiger partial charge in [-0.2, -0.15) is 0 Å². The zero-order chi connectivity index (χ0) is 26.1. The molecule has 2 fully saturated rings. The second-order valence-electron chi connectivity index (χ2n) is 10.2. The molecule has 3 heterocycles. The van der Waals surface area contributed by atoms with E-state index in [4.69, 9.17) is 9.47 Å². The van der Waals surface area contributed by atoms with E-state index >= 15 is 0 Å². The molecule has 0 bridgehead atoms. The van der Waals surface area contributed by atoms with Gasteiger partial charge in [-0.05, 0) is 67.1 Å². The molecule has 7 heteroatoms. The summed E-state index contributed by atoms with van der Waals surface area (Å²) >= 11 is 0. The number of hydrogen-bond donors (Lipinski definition) is 0. The third-order valence-corrected chi connectivity index (χ3v) is 7.79. The number of rotatable bonds is 6. The molecular formula is C31H30N2O5. The summed E-state index contributed by atoms with van der Waals surface area (Å²) in [5.41, 5.74) is 4.86. The highest BCUT2D eigenvalue weighted by atomic mass is 16.8. The van der Waals surface area contributed by atoms with Crippen LogP contribution in [-0.4, -0.2) is 48.3 Å². The molecule has 2 saturated heterocycles. The molecular weight excluding hydrogens is 480 g/mol. The molecule has 3 aromatic rings. The van der Waals surface area contributed by atoms with Crippen LogP contribution in [0.3, 0.4) is 0 Å². The van der Waals surface area contributed by atoms with Crippen molar-refractivity contribution >= 4 is 23.5 Å². The van der Waals surface area contributed by atoms with Gasteiger partial charge in [-0.15, -0.1) is 0 Å². The first-order valence-electron chi connectivity index (χ1n) is 13.3. The van der Waals surface area contributed by atoms with Gasteiger partial charge in [0, 0.05) is 13.0 Å². The van der Waals surface area contributed by atoms with Crippen molar-refractivity contribution in [2.24, 2.45) is 5.92 Å². The van der Waals surface area contributed by atoms with E-state index < -0.39 is 17.8 Å². The number of benzene rings is 3. The molecule has 0 saturated carbocycles. The molecule has 1 amide bonds. The fraction of sp³-hybridized carbons (Fsp3) is 0.323. The predicted octanol–water partition coefficient (Wildman–Crippen LogP) is 4.34. The van der Waals surface area contributed by atoms with Crippen molar-refractivity contribution in [2.45, 2.75) is 38.0 Å². The normalized spacial score (nSPS) is 20.3. The average molecular weight is 511 g/mol. The van der Waals surface area contributed by atoms with Gasteiger partial charge in [-0.3, -0.25) is 4.79 Å². The zero-order valence-electron chi connectivity index (χ0n) is 21.2. The molecule has 3 aromatic carbocycles. The number of para-hydroxylation sites is 1. The lowest BCUT2D eigenvalue weighted by atomic mass is 9.87. The maximum absolute atomic E-state index is 13.9. The topological polar surface area (TPSA) is 76.2 Å². The van der Waals surface area contributed by atoms with E-state index in [1.165, 1.54) is 4.90 Å². The fourth-order valence-corrected chi connectivity index (χ4v) is 5.90. The Hall–Kier alpha value is -3.97. The molecule has 0 N–H and O–H groups in total. The van der Waals surface area contributed by atoms with Crippen molar-refractivity contribution in [1.82, 2.24) is 4.90 Å². The molecule has 3 aliphatic heterocycles. The Bertz CT molecular complexity index is 1330. The van der Waals surface area contributed by atoms with E-state index in [0.29, 0.717) is 25.1 Å². The summed E-state index contributed by atoms with van der Waals surface area (Å²) in [5.74, 6) is -4.51. The van der Waals surface area contributed by atoms with Crippen LogP contribution in [0, 0.1) is 5.92 Å². The van der Waals surface area contributed by atoms with Gasteiger partial charge >= 0.3 is 17.8 Å². The SMILES string of the molecule is O=C1OC2(OC1=O)C(CN1CCCC1)Cc1ccccc1N2C(=O)CCc1ccc(-c2ccccc2)cc1. The summed E-state index contributed by atoms with van der Waals surface area (Å²) in [6.07, 6.45) is 3.41. The Morgan fingerprint density at radius 2 is 1.45 bits per heavy atom. The molecule has 1 unspecified atom stereocenters. The third-order valence-electron chi connectivity index (χ3n) is 7.79. The third kappa shape index (κ3) is 4.47. The number of carbonyl (C=O) groups is 3. The number of hydrogen-bond acceptors (Lipinski definition) is 6. The molecule has 38 heavy (non-hydrogen) atoms.